The van der Waals surface area contributed by atoms with Crippen molar-refractivity contribution < 1.29 is 4.79 Å². The summed E-state index contributed by atoms with van der Waals surface area (Å²) >= 11 is 1.58. The van der Waals surface area contributed by atoms with Crippen LogP contribution in [0, 0.1) is 5.92 Å². The maximum absolute atomic E-state index is 12.8. The normalized spacial score (nSPS) is 20.4. The maximum Gasteiger partial charge on any atom is 0.235 e. The predicted molar refractivity (Wildman–Crippen MR) is 118 cm³/mol. The minimum Gasteiger partial charge on any atom is -0.342 e. The molecule has 2 aliphatic rings. The van der Waals surface area contributed by atoms with Gasteiger partial charge in [-0.15, -0.1) is 11.3 Å². The highest BCUT2D eigenvalue weighted by Crippen LogP contribution is 2.25. The van der Waals surface area contributed by atoms with Crippen molar-refractivity contribution in [2.45, 2.75) is 38.1 Å². The molecule has 1 atom stereocenters. The highest BCUT2D eigenvalue weighted by atomic mass is 32.1. The van der Waals surface area contributed by atoms with Crippen molar-refractivity contribution in [3.63, 3.8) is 0 Å². The molecule has 1 aromatic heterocycles. The Morgan fingerprint density at radius 3 is 2.48 bits per heavy atom. The first-order chi connectivity index (χ1) is 14.3. The summed E-state index contributed by atoms with van der Waals surface area (Å²) in [5, 5.41) is 6.11. The molecule has 156 valence electrons. The van der Waals surface area contributed by atoms with Crippen LogP contribution in [0.3, 0.4) is 0 Å². The molecule has 1 saturated carbocycles. The van der Waals surface area contributed by atoms with Gasteiger partial charge in [-0.1, -0.05) is 49.6 Å². The molecular formula is C23H32N4OS. The third-order valence-electron chi connectivity index (χ3n) is 6.21. The van der Waals surface area contributed by atoms with Crippen LogP contribution in [0.4, 0.5) is 0 Å². The smallest absolute Gasteiger partial charge is 0.235 e. The largest absolute Gasteiger partial charge is 0.342 e. The van der Waals surface area contributed by atoms with E-state index in [1.807, 2.05) is 23.6 Å². The molecule has 0 radical (unpaired) electrons. The molecule has 0 bridgehead atoms. The Morgan fingerprint density at radius 2 is 1.79 bits per heavy atom. The number of piperazine rings is 1. The second-order valence-corrected chi connectivity index (χ2v) is 9.29. The van der Waals surface area contributed by atoms with Crippen LogP contribution in [0.1, 0.15) is 48.7 Å². The van der Waals surface area contributed by atoms with E-state index in [2.05, 4.69) is 32.2 Å². The van der Waals surface area contributed by atoms with Crippen LogP contribution in [0.15, 0.2) is 41.9 Å². The summed E-state index contributed by atoms with van der Waals surface area (Å²) < 4.78 is 0. The Balaban J connectivity index is 1.27. The monoisotopic (exact) mass is 412 g/mol. The van der Waals surface area contributed by atoms with Gasteiger partial charge in [-0.2, -0.15) is 0 Å². The standard InChI is InChI=1S/C23H32N4OS/c28-21(25-22(23-24-11-16-29-23)20-9-5-2-6-10-20)18-27-14-12-26(13-15-27)17-19-7-3-1-4-8-19/h2,5-6,9-11,16,19,22H,1,3-4,7-8,12-15,17-18H2,(H,25,28). The van der Waals surface area contributed by atoms with Crippen molar-refractivity contribution in [2.24, 2.45) is 5.92 Å². The molecule has 2 aromatic rings. The van der Waals surface area contributed by atoms with Crippen LogP contribution in [-0.4, -0.2) is 60.0 Å². The number of hydrogen-bond donors (Lipinski definition) is 1. The third kappa shape index (κ3) is 5.87. The lowest BCUT2D eigenvalue weighted by Crippen LogP contribution is -2.50. The van der Waals surface area contributed by atoms with Crippen molar-refractivity contribution in [1.29, 1.82) is 0 Å². The Kier molecular flexibility index (Phi) is 7.30. The number of benzene rings is 1. The highest BCUT2D eigenvalue weighted by Gasteiger charge is 2.24. The fourth-order valence-electron chi connectivity index (χ4n) is 4.58. The summed E-state index contributed by atoms with van der Waals surface area (Å²) in [4.78, 5) is 22.1. The van der Waals surface area contributed by atoms with E-state index in [1.54, 1.807) is 17.5 Å². The molecule has 1 aromatic carbocycles. The van der Waals surface area contributed by atoms with E-state index in [4.69, 9.17) is 0 Å². The number of rotatable bonds is 7. The molecule has 1 saturated heterocycles. The first-order valence-electron chi connectivity index (χ1n) is 11.0. The summed E-state index contributed by atoms with van der Waals surface area (Å²) in [6.07, 6.45) is 8.84. The van der Waals surface area contributed by atoms with Gasteiger partial charge in [0.25, 0.3) is 0 Å². The number of aromatic nitrogens is 1. The van der Waals surface area contributed by atoms with Crippen LogP contribution >= 0.6 is 11.3 Å². The van der Waals surface area contributed by atoms with Crippen molar-refractivity contribution in [2.75, 3.05) is 39.3 Å². The number of nitrogens with zero attached hydrogens (tertiary/aromatic N) is 3. The van der Waals surface area contributed by atoms with Crippen molar-refractivity contribution in [1.82, 2.24) is 20.1 Å². The number of nitrogens with one attached hydrogen (secondary N) is 1. The molecule has 5 nitrogen and oxygen atoms in total. The SMILES string of the molecule is O=C(CN1CCN(CC2CCCCC2)CC1)NC(c1ccccc1)c1nccs1. The molecule has 1 N–H and O–H groups in total. The van der Waals surface area contributed by atoms with E-state index in [9.17, 15) is 4.79 Å². The molecule has 1 unspecified atom stereocenters. The quantitative estimate of drug-likeness (QED) is 0.756. The molecule has 0 spiro atoms. The lowest BCUT2D eigenvalue weighted by molar-refractivity contribution is -0.123. The second kappa shape index (κ2) is 10.3. The summed E-state index contributed by atoms with van der Waals surface area (Å²) in [6, 6.07) is 9.95. The maximum atomic E-state index is 12.8. The van der Waals surface area contributed by atoms with E-state index >= 15 is 0 Å². The zero-order valence-corrected chi connectivity index (χ0v) is 17.9. The minimum atomic E-state index is -0.170. The molecule has 1 aliphatic carbocycles. The van der Waals surface area contributed by atoms with Crippen molar-refractivity contribution >= 4 is 17.2 Å². The summed E-state index contributed by atoms with van der Waals surface area (Å²) in [5.74, 6) is 0.971. The lowest BCUT2D eigenvalue weighted by Gasteiger charge is -2.37. The summed E-state index contributed by atoms with van der Waals surface area (Å²) in [5.41, 5.74) is 1.08. The zero-order chi connectivity index (χ0) is 19.9. The molecule has 1 aliphatic heterocycles. The third-order valence-corrected chi connectivity index (χ3v) is 7.05. The van der Waals surface area contributed by atoms with E-state index in [-0.39, 0.29) is 11.9 Å². The van der Waals surface area contributed by atoms with Gasteiger partial charge in [0.1, 0.15) is 11.0 Å². The Morgan fingerprint density at radius 1 is 1.07 bits per heavy atom. The van der Waals surface area contributed by atoms with Gasteiger partial charge < -0.3 is 10.2 Å². The number of thiazole rings is 1. The summed E-state index contributed by atoms with van der Waals surface area (Å²) in [7, 11) is 0. The zero-order valence-electron chi connectivity index (χ0n) is 17.1. The van der Waals surface area contributed by atoms with Gasteiger partial charge in [0.05, 0.1) is 6.54 Å². The minimum absolute atomic E-state index is 0.0785. The highest BCUT2D eigenvalue weighted by molar-refractivity contribution is 7.09. The molecule has 2 heterocycles. The van der Waals surface area contributed by atoms with Crippen LogP contribution in [0.25, 0.3) is 0 Å². The van der Waals surface area contributed by atoms with Crippen LogP contribution in [0.5, 0.6) is 0 Å². The molecule has 4 rings (SSSR count). The van der Waals surface area contributed by atoms with Crippen LogP contribution < -0.4 is 5.32 Å². The summed E-state index contributed by atoms with van der Waals surface area (Å²) in [6.45, 7) is 5.84. The van der Waals surface area contributed by atoms with Gasteiger partial charge in [0.2, 0.25) is 5.91 Å². The van der Waals surface area contributed by atoms with Crippen molar-refractivity contribution in [3.8, 4) is 0 Å². The van der Waals surface area contributed by atoms with Gasteiger partial charge >= 0.3 is 0 Å². The predicted octanol–water partition coefficient (Wildman–Crippen LogP) is 3.55. The Bertz CT molecular complexity index is 738. The fraction of sp³-hybridized carbons (Fsp3) is 0.565. The number of carbonyl (C=O) groups excluding carboxylic acids is 1. The van der Waals surface area contributed by atoms with E-state index in [0.29, 0.717) is 6.54 Å². The number of amides is 1. The molecule has 6 heteroatoms. The fourth-order valence-corrected chi connectivity index (χ4v) is 5.30. The number of hydrogen-bond acceptors (Lipinski definition) is 5. The van der Waals surface area contributed by atoms with Gasteiger partial charge in [0, 0.05) is 44.3 Å². The van der Waals surface area contributed by atoms with E-state index in [0.717, 1.165) is 42.7 Å². The van der Waals surface area contributed by atoms with Gasteiger partial charge in [-0.3, -0.25) is 9.69 Å². The van der Waals surface area contributed by atoms with Crippen LogP contribution in [0.2, 0.25) is 0 Å². The molecule has 2 fully saturated rings. The van der Waals surface area contributed by atoms with Gasteiger partial charge in [0.15, 0.2) is 0 Å². The molecule has 29 heavy (non-hydrogen) atoms. The Labute approximate surface area is 178 Å². The molecule has 1 amide bonds. The average Bonchev–Trinajstić information content (AvgIpc) is 3.29. The first kappa shape index (κ1) is 20.5. The second-order valence-electron chi connectivity index (χ2n) is 8.36. The number of carbonyl (C=O) groups is 1. The first-order valence-corrected chi connectivity index (χ1v) is 11.8. The average molecular weight is 413 g/mol. The van der Waals surface area contributed by atoms with Crippen LogP contribution in [-0.2, 0) is 4.79 Å². The van der Waals surface area contributed by atoms with Crippen molar-refractivity contribution in [3.05, 3.63) is 52.5 Å². The lowest BCUT2D eigenvalue weighted by atomic mass is 9.89. The molecular weight excluding hydrogens is 380 g/mol. The van der Waals surface area contributed by atoms with E-state index < -0.39 is 0 Å². The van der Waals surface area contributed by atoms with E-state index in [1.165, 1.54) is 38.6 Å². The van der Waals surface area contributed by atoms with Gasteiger partial charge in [-0.05, 0) is 24.3 Å². The topological polar surface area (TPSA) is 48.5 Å². The Hall–Kier alpha value is -1.76. The van der Waals surface area contributed by atoms with Gasteiger partial charge in [-0.25, -0.2) is 4.98 Å².